The van der Waals surface area contributed by atoms with Crippen LogP contribution in [0, 0.1) is 11.6 Å². The first-order valence-corrected chi connectivity index (χ1v) is 6.42. The summed E-state index contributed by atoms with van der Waals surface area (Å²) >= 11 is 0.857. The molecule has 5 nitrogen and oxygen atoms in total. The molecule has 1 aromatic rings. The second kappa shape index (κ2) is 7.59. The fourth-order valence-corrected chi connectivity index (χ4v) is 1.78. The number of halogens is 2. The van der Waals surface area contributed by atoms with Gasteiger partial charge in [0.25, 0.3) is 0 Å². The van der Waals surface area contributed by atoms with Crippen molar-refractivity contribution in [2.24, 2.45) is 5.10 Å². The average molecular weight is 302 g/mol. The number of nitrogens with zero attached hydrogens (tertiary/aromatic N) is 1. The van der Waals surface area contributed by atoms with Gasteiger partial charge >= 0.3 is 5.97 Å². The summed E-state index contributed by atoms with van der Waals surface area (Å²) in [5, 5.41) is 3.69. The minimum Gasteiger partial charge on any atom is -0.468 e. The molecule has 0 spiro atoms. The first-order chi connectivity index (χ1) is 9.43. The summed E-state index contributed by atoms with van der Waals surface area (Å²) in [5.74, 6) is -2.56. The van der Waals surface area contributed by atoms with Gasteiger partial charge in [-0.2, -0.15) is 5.10 Å². The number of Topliss-reactive ketones (excluding diaryl/α,β-unsaturated/α-hetero) is 1. The molecule has 1 rings (SSSR count). The van der Waals surface area contributed by atoms with E-state index in [2.05, 4.69) is 15.3 Å². The number of carbonyl (C=O) groups excluding carboxylic acids is 2. The van der Waals surface area contributed by atoms with Gasteiger partial charge in [-0.1, -0.05) is 11.8 Å². The first-order valence-electron chi connectivity index (χ1n) is 5.43. The summed E-state index contributed by atoms with van der Waals surface area (Å²) in [5.41, 5.74) is 2.24. The van der Waals surface area contributed by atoms with Gasteiger partial charge in [0.05, 0.1) is 18.6 Å². The standard InChI is InChI=1S/C12H12F2N2O3S/c1-7(17)12(20-6-11(18)19-2)16-15-10-4-3-8(13)5-9(10)14/h3-5,15H,6H2,1-2H3. The quantitative estimate of drug-likeness (QED) is 0.391. The zero-order valence-corrected chi connectivity index (χ0v) is 11.6. The van der Waals surface area contributed by atoms with Crippen LogP contribution < -0.4 is 5.43 Å². The number of hydrogen-bond donors (Lipinski definition) is 1. The molecular formula is C12H12F2N2O3S. The van der Waals surface area contributed by atoms with Gasteiger partial charge in [-0.05, 0) is 12.1 Å². The highest BCUT2D eigenvalue weighted by molar-refractivity contribution is 8.16. The highest BCUT2D eigenvalue weighted by Crippen LogP contribution is 2.15. The molecule has 0 fully saturated rings. The van der Waals surface area contributed by atoms with Crippen molar-refractivity contribution in [3.63, 3.8) is 0 Å². The van der Waals surface area contributed by atoms with E-state index in [-0.39, 0.29) is 16.5 Å². The summed E-state index contributed by atoms with van der Waals surface area (Å²) in [6.45, 7) is 1.26. The number of thioether (sulfide) groups is 1. The van der Waals surface area contributed by atoms with Crippen LogP contribution in [0.3, 0.4) is 0 Å². The molecule has 0 aliphatic heterocycles. The predicted octanol–water partition coefficient (Wildman–Crippen LogP) is 2.19. The molecule has 20 heavy (non-hydrogen) atoms. The highest BCUT2D eigenvalue weighted by Gasteiger charge is 2.11. The van der Waals surface area contributed by atoms with Crippen LogP contribution in [0.15, 0.2) is 23.3 Å². The van der Waals surface area contributed by atoms with Crippen LogP contribution in [-0.4, -0.2) is 29.7 Å². The Labute approximate surface area is 118 Å². The van der Waals surface area contributed by atoms with Crippen molar-refractivity contribution in [2.45, 2.75) is 6.92 Å². The SMILES string of the molecule is COC(=O)CSC(=NNc1ccc(F)cc1F)C(C)=O. The molecule has 0 aromatic heterocycles. The van der Waals surface area contributed by atoms with Gasteiger partial charge in [-0.25, -0.2) is 8.78 Å². The molecule has 0 bridgehead atoms. The summed E-state index contributed by atoms with van der Waals surface area (Å²) in [6, 6.07) is 2.89. The number of ether oxygens (including phenoxy) is 1. The lowest BCUT2D eigenvalue weighted by atomic mass is 10.3. The fraction of sp³-hybridized carbons (Fsp3) is 0.250. The van der Waals surface area contributed by atoms with E-state index in [4.69, 9.17) is 0 Å². The van der Waals surface area contributed by atoms with Crippen molar-refractivity contribution in [3.8, 4) is 0 Å². The van der Waals surface area contributed by atoms with E-state index in [1.165, 1.54) is 14.0 Å². The number of benzene rings is 1. The van der Waals surface area contributed by atoms with Gasteiger partial charge < -0.3 is 4.74 Å². The van der Waals surface area contributed by atoms with Gasteiger partial charge in [0.2, 0.25) is 0 Å². The maximum atomic E-state index is 13.3. The molecule has 0 amide bonds. The molecule has 1 aromatic carbocycles. The number of nitrogens with one attached hydrogen (secondary N) is 1. The molecular weight excluding hydrogens is 290 g/mol. The minimum absolute atomic E-state index is 0.0147. The molecule has 0 aliphatic carbocycles. The molecule has 0 atom stereocenters. The topological polar surface area (TPSA) is 67.8 Å². The number of carbonyl (C=O) groups is 2. The lowest BCUT2D eigenvalue weighted by Gasteiger charge is -2.05. The summed E-state index contributed by atoms with van der Waals surface area (Å²) in [4.78, 5) is 22.3. The van der Waals surface area contributed by atoms with Crippen molar-refractivity contribution >= 4 is 34.2 Å². The molecule has 8 heteroatoms. The Hall–Kier alpha value is -1.96. The van der Waals surface area contributed by atoms with Crippen molar-refractivity contribution in [1.82, 2.24) is 0 Å². The molecule has 0 aliphatic rings. The number of hydrogen-bond acceptors (Lipinski definition) is 6. The van der Waals surface area contributed by atoms with Crippen molar-refractivity contribution in [1.29, 1.82) is 0 Å². The summed E-state index contributed by atoms with van der Waals surface area (Å²) < 4.78 is 30.5. The van der Waals surface area contributed by atoms with Crippen LogP contribution in [0.2, 0.25) is 0 Å². The van der Waals surface area contributed by atoms with Crippen molar-refractivity contribution < 1.29 is 23.1 Å². The lowest BCUT2D eigenvalue weighted by Crippen LogP contribution is -2.13. The van der Waals surface area contributed by atoms with E-state index in [1.807, 2.05) is 0 Å². The molecule has 1 N–H and O–H groups in total. The summed E-state index contributed by atoms with van der Waals surface area (Å²) in [6.07, 6.45) is 0. The third kappa shape index (κ3) is 4.96. The minimum atomic E-state index is -0.838. The fourth-order valence-electron chi connectivity index (χ4n) is 1.09. The van der Waals surface area contributed by atoms with Crippen LogP contribution in [0.5, 0.6) is 0 Å². The largest absolute Gasteiger partial charge is 0.468 e. The molecule has 0 radical (unpaired) electrons. The van der Waals surface area contributed by atoms with E-state index < -0.39 is 23.4 Å². The van der Waals surface area contributed by atoms with Crippen molar-refractivity contribution in [2.75, 3.05) is 18.3 Å². The van der Waals surface area contributed by atoms with Gasteiger partial charge in [-0.15, -0.1) is 0 Å². The molecule has 0 heterocycles. The first kappa shape index (κ1) is 16.1. The number of esters is 1. The normalized spacial score (nSPS) is 11.1. The third-order valence-corrected chi connectivity index (χ3v) is 3.10. The Morgan fingerprint density at radius 3 is 2.65 bits per heavy atom. The molecule has 108 valence electrons. The maximum Gasteiger partial charge on any atom is 0.316 e. The van der Waals surface area contributed by atoms with Gasteiger partial charge in [0.1, 0.15) is 5.82 Å². The number of ketones is 1. The van der Waals surface area contributed by atoms with Gasteiger partial charge in [-0.3, -0.25) is 15.0 Å². The Bertz CT molecular complexity index is 550. The predicted molar refractivity (Wildman–Crippen MR) is 72.6 cm³/mol. The number of anilines is 1. The second-order valence-corrected chi connectivity index (χ2v) is 4.54. The van der Waals surface area contributed by atoms with E-state index in [9.17, 15) is 18.4 Å². The number of hydrazone groups is 1. The van der Waals surface area contributed by atoms with Crippen LogP contribution in [0.25, 0.3) is 0 Å². The van der Waals surface area contributed by atoms with Crippen LogP contribution in [-0.2, 0) is 14.3 Å². The van der Waals surface area contributed by atoms with Crippen LogP contribution >= 0.6 is 11.8 Å². The van der Waals surface area contributed by atoms with Gasteiger partial charge in [0, 0.05) is 13.0 Å². The zero-order valence-electron chi connectivity index (χ0n) is 10.8. The highest BCUT2D eigenvalue weighted by atomic mass is 32.2. The zero-order chi connectivity index (χ0) is 15.1. The second-order valence-electron chi connectivity index (χ2n) is 3.57. The maximum absolute atomic E-state index is 13.3. The number of methoxy groups -OCH3 is 1. The molecule has 0 saturated heterocycles. The van der Waals surface area contributed by atoms with E-state index in [1.54, 1.807) is 0 Å². The Morgan fingerprint density at radius 2 is 2.10 bits per heavy atom. The summed E-state index contributed by atoms with van der Waals surface area (Å²) in [7, 11) is 1.22. The van der Waals surface area contributed by atoms with Crippen LogP contribution in [0.4, 0.5) is 14.5 Å². The molecule has 0 saturated carbocycles. The Morgan fingerprint density at radius 1 is 1.40 bits per heavy atom. The Kier molecular flexibility index (Phi) is 6.10. The van der Waals surface area contributed by atoms with E-state index in [0.29, 0.717) is 6.07 Å². The van der Waals surface area contributed by atoms with Gasteiger partial charge in [0.15, 0.2) is 16.6 Å². The molecule has 0 unspecified atom stereocenters. The average Bonchev–Trinajstić information content (AvgIpc) is 2.39. The van der Waals surface area contributed by atoms with Crippen LogP contribution in [0.1, 0.15) is 6.92 Å². The van der Waals surface area contributed by atoms with E-state index in [0.717, 1.165) is 23.9 Å². The Balaban J connectivity index is 2.76. The third-order valence-electron chi connectivity index (χ3n) is 2.06. The lowest BCUT2D eigenvalue weighted by molar-refractivity contribution is -0.137. The smallest absolute Gasteiger partial charge is 0.316 e. The van der Waals surface area contributed by atoms with E-state index >= 15 is 0 Å². The van der Waals surface area contributed by atoms with Crippen molar-refractivity contribution in [3.05, 3.63) is 29.8 Å². The monoisotopic (exact) mass is 302 g/mol. The number of rotatable bonds is 5.